The number of piperidine rings is 1. The highest BCUT2D eigenvalue weighted by atomic mass is 35.5. The molecule has 2 N–H and O–H groups in total. The molecule has 188 valence electrons. The van der Waals surface area contributed by atoms with Crippen molar-refractivity contribution >= 4 is 45.1 Å². The summed E-state index contributed by atoms with van der Waals surface area (Å²) >= 11 is 6.70. The van der Waals surface area contributed by atoms with Crippen LogP contribution in [0.2, 0.25) is 5.02 Å². The number of carbonyl (C=O) groups excluding carboxylic acids is 1. The number of aryl methyl sites for hydroxylation is 1. The third kappa shape index (κ3) is 5.54. The standard InChI is InChI=1S/C27H27ClN4O2.C2H6/c1-17-21-15-24(28)23(22-14-19(33)13-18-7-3-4-8-20(18)22)16-25(21)31-27(30-17)29-10-9-26(34)32-11-5-2-6-12-32;1-2/h3-4,7-8,13-16,33H,2,5-6,9-12H2,1H3,(H,29,30,31);1-2H3. The largest absolute Gasteiger partial charge is 0.508 e. The number of benzene rings is 3. The van der Waals surface area contributed by atoms with Gasteiger partial charge < -0.3 is 15.3 Å². The molecule has 1 aliphatic heterocycles. The SMILES string of the molecule is CC.Cc1nc(NCCC(=O)N2CCCCC2)nc2cc(-c3cc(O)cc4ccccc34)c(Cl)cc12. The van der Waals surface area contributed by atoms with Gasteiger partial charge in [0.05, 0.1) is 11.2 Å². The summed E-state index contributed by atoms with van der Waals surface area (Å²) < 4.78 is 0. The molecule has 4 aromatic rings. The fourth-order valence-corrected chi connectivity index (χ4v) is 4.95. The van der Waals surface area contributed by atoms with Crippen molar-refractivity contribution in [3.05, 3.63) is 59.2 Å². The number of phenolic OH excluding ortho intramolecular Hbond substituents is 1. The molecule has 5 rings (SSSR count). The second kappa shape index (κ2) is 11.6. The van der Waals surface area contributed by atoms with Gasteiger partial charge in [0.25, 0.3) is 0 Å². The molecule has 36 heavy (non-hydrogen) atoms. The van der Waals surface area contributed by atoms with E-state index in [1.807, 2.05) is 62.1 Å². The first kappa shape index (κ1) is 25.7. The van der Waals surface area contributed by atoms with E-state index in [0.29, 0.717) is 23.9 Å². The number of hydrogen-bond acceptors (Lipinski definition) is 5. The molecule has 0 aliphatic carbocycles. The molecule has 7 heteroatoms. The van der Waals surface area contributed by atoms with Gasteiger partial charge >= 0.3 is 0 Å². The fourth-order valence-electron chi connectivity index (χ4n) is 4.69. The number of aromatic hydroxyl groups is 1. The summed E-state index contributed by atoms with van der Waals surface area (Å²) in [5.41, 5.74) is 3.21. The van der Waals surface area contributed by atoms with Crippen molar-refractivity contribution in [3.8, 4) is 16.9 Å². The van der Waals surface area contributed by atoms with Gasteiger partial charge in [-0.1, -0.05) is 49.7 Å². The Hall–Kier alpha value is -3.38. The maximum Gasteiger partial charge on any atom is 0.224 e. The third-order valence-electron chi connectivity index (χ3n) is 6.44. The zero-order valence-electron chi connectivity index (χ0n) is 21.1. The maximum absolute atomic E-state index is 12.5. The lowest BCUT2D eigenvalue weighted by molar-refractivity contribution is -0.131. The summed E-state index contributed by atoms with van der Waals surface area (Å²) in [7, 11) is 0. The van der Waals surface area contributed by atoms with Crippen molar-refractivity contribution in [1.82, 2.24) is 14.9 Å². The lowest BCUT2D eigenvalue weighted by atomic mass is 9.96. The number of hydrogen-bond donors (Lipinski definition) is 2. The Kier molecular flexibility index (Phi) is 8.26. The van der Waals surface area contributed by atoms with E-state index in [4.69, 9.17) is 16.6 Å². The second-order valence-corrected chi connectivity index (χ2v) is 9.22. The average Bonchev–Trinajstić information content (AvgIpc) is 2.90. The van der Waals surface area contributed by atoms with Crippen molar-refractivity contribution in [2.24, 2.45) is 0 Å². The smallest absolute Gasteiger partial charge is 0.224 e. The molecule has 1 amide bonds. The van der Waals surface area contributed by atoms with Gasteiger partial charge in [0, 0.05) is 42.0 Å². The minimum Gasteiger partial charge on any atom is -0.508 e. The van der Waals surface area contributed by atoms with Gasteiger partial charge in [0.15, 0.2) is 0 Å². The van der Waals surface area contributed by atoms with Gasteiger partial charge in [0.1, 0.15) is 5.75 Å². The second-order valence-electron chi connectivity index (χ2n) is 8.81. The Morgan fingerprint density at radius 2 is 1.75 bits per heavy atom. The van der Waals surface area contributed by atoms with Crippen molar-refractivity contribution in [1.29, 1.82) is 0 Å². The summed E-state index contributed by atoms with van der Waals surface area (Å²) in [6.07, 6.45) is 3.80. The van der Waals surface area contributed by atoms with Crippen molar-refractivity contribution in [2.45, 2.75) is 46.5 Å². The average molecular weight is 505 g/mol. The van der Waals surface area contributed by atoms with E-state index in [0.717, 1.165) is 64.4 Å². The van der Waals surface area contributed by atoms with Gasteiger partial charge in [0.2, 0.25) is 11.9 Å². The zero-order chi connectivity index (χ0) is 25.7. The van der Waals surface area contributed by atoms with E-state index < -0.39 is 0 Å². The number of amides is 1. The topological polar surface area (TPSA) is 78.4 Å². The van der Waals surface area contributed by atoms with Crippen LogP contribution in [-0.2, 0) is 4.79 Å². The number of anilines is 1. The van der Waals surface area contributed by atoms with Crippen LogP contribution in [-0.4, -0.2) is 45.5 Å². The predicted molar refractivity (Wildman–Crippen MR) is 149 cm³/mol. The Bertz CT molecular complexity index is 1380. The third-order valence-corrected chi connectivity index (χ3v) is 6.76. The first-order valence-electron chi connectivity index (χ1n) is 12.7. The number of rotatable bonds is 5. The van der Waals surface area contributed by atoms with E-state index in [1.54, 1.807) is 12.1 Å². The van der Waals surface area contributed by atoms with Gasteiger partial charge in [-0.05, 0) is 66.8 Å². The number of halogens is 1. The Labute approximate surface area is 217 Å². The van der Waals surface area contributed by atoms with Crippen LogP contribution in [0.5, 0.6) is 5.75 Å². The van der Waals surface area contributed by atoms with Crippen LogP contribution in [0.25, 0.3) is 32.8 Å². The molecule has 1 saturated heterocycles. The first-order valence-corrected chi connectivity index (χ1v) is 13.1. The Morgan fingerprint density at radius 1 is 1.00 bits per heavy atom. The number of aromatic nitrogens is 2. The van der Waals surface area contributed by atoms with Gasteiger partial charge in [-0.2, -0.15) is 0 Å². The number of fused-ring (bicyclic) bond motifs is 2. The van der Waals surface area contributed by atoms with Crippen molar-refractivity contribution in [3.63, 3.8) is 0 Å². The molecular formula is C29H33ClN4O2. The highest BCUT2D eigenvalue weighted by Crippen LogP contribution is 2.38. The predicted octanol–water partition coefficient (Wildman–Crippen LogP) is 6.96. The minimum absolute atomic E-state index is 0.176. The number of likely N-dealkylation sites (tertiary alicyclic amines) is 1. The zero-order valence-corrected chi connectivity index (χ0v) is 21.9. The van der Waals surface area contributed by atoms with Gasteiger partial charge in [-0.15, -0.1) is 0 Å². The number of phenols is 1. The first-order chi connectivity index (χ1) is 17.5. The molecule has 0 saturated carbocycles. The van der Waals surface area contributed by atoms with Crippen LogP contribution < -0.4 is 5.32 Å². The number of carbonyl (C=O) groups is 1. The summed E-state index contributed by atoms with van der Waals surface area (Å²) in [5.74, 6) is 0.851. The van der Waals surface area contributed by atoms with Gasteiger partial charge in [-0.25, -0.2) is 9.97 Å². The quantitative estimate of drug-likeness (QED) is 0.307. The summed E-state index contributed by atoms with van der Waals surface area (Å²) in [5, 5.41) is 16.9. The van der Waals surface area contributed by atoms with E-state index >= 15 is 0 Å². The molecule has 0 atom stereocenters. The summed E-state index contributed by atoms with van der Waals surface area (Å²) in [4.78, 5) is 23.7. The molecule has 0 unspecified atom stereocenters. The van der Waals surface area contributed by atoms with Crippen LogP contribution in [0, 0.1) is 6.92 Å². The van der Waals surface area contributed by atoms with Crippen LogP contribution in [0.3, 0.4) is 0 Å². The van der Waals surface area contributed by atoms with Crippen LogP contribution in [0.4, 0.5) is 5.95 Å². The maximum atomic E-state index is 12.5. The number of nitrogens with zero attached hydrogens (tertiary/aromatic N) is 3. The molecule has 6 nitrogen and oxygen atoms in total. The molecule has 1 aromatic heterocycles. The lowest BCUT2D eigenvalue weighted by Gasteiger charge is -2.26. The van der Waals surface area contributed by atoms with Gasteiger partial charge in [-0.3, -0.25) is 4.79 Å². The molecule has 0 spiro atoms. The number of nitrogens with one attached hydrogen (secondary N) is 1. The fraction of sp³-hybridized carbons (Fsp3) is 0.345. The van der Waals surface area contributed by atoms with Crippen LogP contribution in [0.1, 0.15) is 45.2 Å². The van der Waals surface area contributed by atoms with Crippen LogP contribution in [0.15, 0.2) is 48.5 Å². The Balaban J connectivity index is 0.00000148. The van der Waals surface area contributed by atoms with E-state index in [2.05, 4.69) is 10.3 Å². The van der Waals surface area contributed by atoms with E-state index in [1.165, 1.54) is 6.42 Å². The molecule has 1 fully saturated rings. The van der Waals surface area contributed by atoms with E-state index in [-0.39, 0.29) is 11.7 Å². The molecular weight excluding hydrogens is 472 g/mol. The molecule has 0 bridgehead atoms. The van der Waals surface area contributed by atoms with Crippen LogP contribution >= 0.6 is 11.6 Å². The van der Waals surface area contributed by atoms with Crippen molar-refractivity contribution < 1.29 is 9.90 Å². The Morgan fingerprint density at radius 3 is 2.53 bits per heavy atom. The summed E-state index contributed by atoms with van der Waals surface area (Å²) in [6, 6.07) is 15.2. The normalized spacial score (nSPS) is 13.4. The minimum atomic E-state index is 0.176. The monoisotopic (exact) mass is 504 g/mol. The lowest BCUT2D eigenvalue weighted by Crippen LogP contribution is -2.36. The van der Waals surface area contributed by atoms with Crippen molar-refractivity contribution in [2.75, 3.05) is 25.0 Å². The molecule has 2 heterocycles. The summed E-state index contributed by atoms with van der Waals surface area (Å²) in [6.45, 7) is 8.13. The highest BCUT2D eigenvalue weighted by molar-refractivity contribution is 6.34. The molecule has 0 radical (unpaired) electrons. The molecule has 1 aliphatic rings. The molecule has 3 aromatic carbocycles. The highest BCUT2D eigenvalue weighted by Gasteiger charge is 2.17. The van der Waals surface area contributed by atoms with E-state index in [9.17, 15) is 9.90 Å².